The van der Waals surface area contributed by atoms with Gasteiger partial charge in [0.2, 0.25) is 21.8 Å². The van der Waals surface area contributed by atoms with Crippen LogP contribution in [0.3, 0.4) is 0 Å². The maximum absolute atomic E-state index is 13.1. The number of ether oxygens (including phenoxy) is 1. The van der Waals surface area contributed by atoms with Crippen LogP contribution in [0.15, 0.2) is 48.5 Å². The summed E-state index contributed by atoms with van der Waals surface area (Å²) in [4.78, 5) is 27.0. The zero-order valence-corrected chi connectivity index (χ0v) is 20.7. The highest BCUT2D eigenvalue weighted by molar-refractivity contribution is 7.92. The van der Waals surface area contributed by atoms with Crippen LogP contribution >= 0.6 is 0 Å². The molecule has 0 spiro atoms. The van der Waals surface area contributed by atoms with Gasteiger partial charge in [0.1, 0.15) is 11.8 Å². The fraction of sp³-hybridized carbons (Fsp3) is 0.417. The summed E-state index contributed by atoms with van der Waals surface area (Å²) in [6.07, 6.45) is 1.53. The van der Waals surface area contributed by atoms with E-state index in [4.69, 9.17) is 4.74 Å². The van der Waals surface area contributed by atoms with Crippen molar-refractivity contribution in [3.63, 3.8) is 0 Å². The molecule has 0 radical (unpaired) electrons. The van der Waals surface area contributed by atoms with Crippen LogP contribution in [0.4, 0.5) is 5.69 Å². The lowest BCUT2D eigenvalue weighted by molar-refractivity contribution is -0.140. The molecule has 0 fully saturated rings. The molecule has 0 bridgehead atoms. The number of hydrogen-bond acceptors (Lipinski definition) is 5. The molecule has 0 aliphatic heterocycles. The third-order valence-electron chi connectivity index (χ3n) is 5.51. The predicted octanol–water partition coefficient (Wildman–Crippen LogP) is 2.71. The monoisotopic (exact) mass is 475 g/mol. The number of methoxy groups -OCH3 is 1. The molecule has 180 valence electrons. The number of rotatable bonds is 11. The number of likely N-dealkylation sites (N-methyl/N-ethyl adjacent to an activating group) is 1. The average molecular weight is 476 g/mol. The molecule has 0 aromatic heterocycles. The van der Waals surface area contributed by atoms with Gasteiger partial charge in [-0.2, -0.15) is 0 Å². The molecule has 2 aromatic rings. The van der Waals surface area contributed by atoms with E-state index in [1.165, 1.54) is 23.4 Å². The summed E-state index contributed by atoms with van der Waals surface area (Å²) >= 11 is 0. The second-order valence-electron chi connectivity index (χ2n) is 7.88. The van der Waals surface area contributed by atoms with Crippen molar-refractivity contribution in [2.24, 2.45) is 0 Å². The number of aryl methyl sites for hydroxylation is 1. The van der Waals surface area contributed by atoms with Gasteiger partial charge in [-0.3, -0.25) is 13.9 Å². The Hall–Kier alpha value is -3.07. The highest BCUT2D eigenvalue weighted by Crippen LogP contribution is 2.24. The van der Waals surface area contributed by atoms with Crippen LogP contribution in [0.5, 0.6) is 5.75 Å². The molecule has 0 aliphatic carbocycles. The molecule has 2 aromatic carbocycles. The van der Waals surface area contributed by atoms with Crippen molar-refractivity contribution in [2.75, 3.05) is 31.3 Å². The summed E-state index contributed by atoms with van der Waals surface area (Å²) in [5.74, 6) is 0.0700. The van der Waals surface area contributed by atoms with E-state index in [0.29, 0.717) is 24.4 Å². The minimum atomic E-state index is -3.56. The van der Waals surface area contributed by atoms with Gasteiger partial charge in [0.05, 0.1) is 19.1 Å². The summed E-state index contributed by atoms with van der Waals surface area (Å²) in [5.41, 5.74) is 2.45. The molecule has 0 heterocycles. The van der Waals surface area contributed by atoms with Gasteiger partial charge in [0, 0.05) is 32.6 Å². The Morgan fingerprint density at radius 3 is 2.42 bits per heavy atom. The van der Waals surface area contributed by atoms with Crippen LogP contribution in [-0.2, 0) is 26.2 Å². The summed E-state index contributed by atoms with van der Waals surface area (Å²) < 4.78 is 31.2. The van der Waals surface area contributed by atoms with Gasteiger partial charge in [-0.05, 0) is 43.5 Å². The lowest BCUT2D eigenvalue weighted by Gasteiger charge is -2.29. The summed E-state index contributed by atoms with van der Waals surface area (Å²) in [6, 6.07) is 13.8. The number of carbonyl (C=O) groups excluding carboxylic acids is 2. The molecule has 2 rings (SSSR count). The van der Waals surface area contributed by atoms with E-state index in [9.17, 15) is 18.0 Å². The third kappa shape index (κ3) is 7.21. The van der Waals surface area contributed by atoms with Crippen molar-refractivity contribution in [1.82, 2.24) is 10.2 Å². The van der Waals surface area contributed by atoms with E-state index < -0.39 is 16.1 Å². The number of nitrogens with one attached hydrogen (secondary N) is 1. The van der Waals surface area contributed by atoms with Crippen LogP contribution < -0.4 is 14.4 Å². The normalized spacial score (nSPS) is 12.0. The van der Waals surface area contributed by atoms with E-state index in [1.54, 1.807) is 31.2 Å². The Bertz CT molecular complexity index is 1070. The lowest BCUT2D eigenvalue weighted by Crippen LogP contribution is -2.47. The average Bonchev–Trinajstić information content (AvgIpc) is 2.79. The molecule has 0 saturated heterocycles. The second-order valence-corrected chi connectivity index (χ2v) is 9.79. The van der Waals surface area contributed by atoms with Gasteiger partial charge in [-0.25, -0.2) is 8.42 Å². The minimum absolute atomic E-state index is 0.100. The van der Waals surface area contributed by atoms with Crippen LogP contribution in [-0.4, -0.2) is 58.1 Å². The van der Waals surface area contributed by atoms with E-state index >= 15 is 0 Å². The minimum Gasteiger partial charge on any atom is -0.497 e. The number of amides is 2. The molecular weight excluding hydrogens is 442 g/mol. The Morgan fingerprint density at radius 2 is 1.82 bits per heavy atom. The van der Waals surface area contributed by atoms with Crippen LogP contribution in [0.1, 0.15) is 30.9 Å². The first-order valence-corrected chi connectivity index (χ1v) is 12.6. The van der Waals surface area contributed by atoms with Crippen molar-refractivity contribution in [2.45, 2.75) is 39.3 Å². The highest BCUT2D eigenvalue weighted by Gasteiger charge is 2.26. The quantitative estimate of drug-likeness (QED) is 0.539. The first kappa shape index (κ1) is 26.2. The van der Waals surface area contributed by atoms with Crippen LogP contribution in [0.25, 0.3) is 0 Å². The molecule has 1 atom stereocenters. The Morgan fingerprint density at radius 1 is 1.12 bits per heavy atom. The number of benzene rings is 2. The van der Waals surface area contributed by atoms with E-state index in [-0.39, 0.29) is 24.8 Å². The van der Waals surface area contributed by atoms with Crippen molar-refractivity contribution in [3.8, 4) is 5.75 Å². The predicted molar refractivity (Wildman–Crippen MR) is 130 cm³/mol. The number of nitrogens with zero attached hydrogens (tertiary/aromatic N) is 2. The van der Waals surface area contributed by atoms with Gasteiger partial charge in [0.15, 0.2) is 0 Å². The molecule has 0 saturated carbocycles. The number of hydrogen-bond donors (Lipinski definition) is 1. The fourth-order valence-electron chi connectivity index (χ4n) is 3.53. The summed E-state index contributed by atoms with van der Waals surface area (Å²) in [6.45, 7) is 4.07. The molecule has 1 N–H and O–H groups in total. The molecule has 9 heteroatoms. The number of sulfonamides is 1. The van der Waals surface area contributed by atoms with E-state index in [1.807, 2.05) is 31.2 Å². The topological polar surface area (TPSA) is 96.0 Å². The smallest absolute Gasteiger partial charge is 0.242 e. The van der Waals surface area contributed by atoms with Crippen LogP contribution in [0.2, 0.25) is 0 Å². The zero-order chi connectivity index (χ0) is 24.6. The van der Waals surface area contributed by atoms with Crippen molar-refractivity contribution >= 4 is 27.5 Å². The lowest BCUT2D eigenvalue weighted by atomic mass is 10.1. The highest BCUT2D eigenvalue weighted by atomic mass is 32.2. The van der Waals surface area contributed by atoms with Gasteiger partial charge in [-0.1, -0.05) is 30.3 Å². The third-order valence-corrected chi connectivity index (χ3v) is 6.70. The molecule has 33 heavy (non-hydrogen) atoms. The maximum Gasteiger partial charge on any atom is 0.242 e. The van der Waals surface area contributed by atoms with E-state index in [2.05, 4.69) is 5.32 Å². The summed E-state index contributed by atoms with van der Waals surface area (Å²) in [7, 11) is -0.512. The van der Waals surface area contributed by atoms with Crippen molar-refractivity contribution in [1.29, 1.82) is 0 Å². The Balaban J connectivity index is 2.17. The Kier molecular flexibility index (Phi) is 9.28. The first-order chi connectivity index (χ1) is 15.6. The van der Waals surface area contributed by atoms with Crippen molar-refractivity contribution in [3.05, 3.63) is 59.7 Å². The molecular formula is C24H33N3O5S. The second kappa shape index (κ2) is 11.7. The molecule has 2 amide bonds. The SMILES string of the molecule is CNC(=O)[C@@H](C)N(Cc1ccccc1C)C(=O)CCCN(c1cccc(OC)c1)S(C)(=O)=O. The summed E-state index contributed by atoms with van der Waals surface area (Å²) in [5, 5.41) is 2.59. The first-order valence-electron chi connectivity index (χ1n) is 10.8. The van der Waals surface area contributed by atoms with Gasteiger partial charge in [-0.15, -0.1) is 0 Å². The molecule has 8 nitrogen and oxygen atoms in total. The van der Waals surface area contributed by atoms with Gasteiger partial charge >= 0.3 is 0 Å². The number of carbonyl (C=O) groups is 2. The zero-order valence-electron chi connectivity index (χ0n) is 19.9. The standard InChI is InChI=1S/C24H33N3O5S/c1-18-10-6-7-11-20(18)17-26(19(2)24(29)25-3)23(28)14-9-15-27(33(5,30)31)21-12-8-13-22(16-21)32-4/h6-8,10-13,16,19H,9,14-15,17H2,1-5H3,(H,25,29)/t19-/m1/s1. The molecule has 0 aliphatic rings. The van der Waals surface area contributed by atoms with Crippen LogP contribution in [0, 0.1) is 6.92 Å². The van der Waals surface area contributed by atoms with E-state index in [0.717, 1.165) is 17.4 Å². The Labute approximate surface area is 196 Å². The maximum atomic E-state index is 13.1. The largest absolute Gasteiger partial charge is 0.497 e. The number of anilines is 1. The van der Waals surface area contributed by atoms with Gasteiger partial charge < -0.3 is 15.0 Å². The fourth-order valence-corrected chi connectivity index (χ4v) is 4.49. The van der Waals surface area contributed by atoms with Gasteiger partial charge in [0.25, 0.3) is 0 Å². The molecule has 0 unspecified atom stereocenters. The van der Waals surface area contributed by atoms with Crippen molar-refractivity contribution < 1.29 is 22.7 Å².